The summed E-state index contributed by atoms with van der Waals surface area (Å²) < 4.78 is 0. The summed E-state index contributed by atoms with van der Waals surface area (Å²) in [5, 5.41) is 24.4. The molecule has 3 aromatic rings. The molecule has 0 saturated carbocycles. The fraction of sp³-hybridized carbons (Fsp3) is 0.0909. The summed E-state index contributed by atoms with van der Waals surface area (Å²) in [7, 11) is 0. The van der Waals surface area contributed by atoms with Crippen molar-refractivity contribution in [1.29, 1.82) is 0 Å². The number of rotatable bonds is 4. The number of ketones is 1. The lowest BCUT2D eigenvalue weighted by atomic mass is 9.99. The zero-order valence-electron chi connectivity index (χ0n) is 16.1. The summed E-state index contributed by atoms with van der Waals surface area (Å²) >= 11 is 7.38. The van der Waals surface area contributed by atoms with Crippen molar-refractivity contribution in [2.45, 2.75) is 13.0 Å². The second-order valence-electron chi connectivity index (χ2n) is 6.92. The minimum atomic E-state index is -0.876. The molecule has 2 aromatic carbocycles. The van der Waals surface area contributed by atoms with Gasteiger partial charge in [-0.15, -0.1) is 11.3 Å². The summed E-state index contributed by atoms with van der Waals surface area (Å²) in [5.74, 6) is -2.12. The molecule has 1 aromatic heterocycles. The highest BCUT2D eigenvalue weighted by Gasteiger charge is 2.47. The average molecular weight is 455 g/mol. The van der Waals surface area contributed by atoms with Gasteiger partial charge < -0.3 is 5.11 Å². The Hall–Kier alpha value is -3.49. The fourth-order valence-electron chi connectivity index (χ4n) is 3.61. The van der Waals surface area contributed by atoms with Crippen LogP contribution in [0.15, 0.2) is 65.6 Å². The number of hydrogen-bond acceptors (Lipinski definition) is 6. The van der Waals surface area contributed by atoms with Crippen LogP contribution in [0.3, 0.4) is 0 Å². The number of nitrogens with zero attached hydrogens (tertiary/aromatic N) is 2. The lowest BCUT2D eigenvalue weighted by molar-refractivity contribution is -0.384. The summed E-state index contributed by atoms with van der Waals surface area (Å²) in [6.07, 6.45) is 0. The van der Waals surface area contributed by atoms with Gasteiger partial charge >= 0.3 is 0 Å². The van der Waals surface area contributed by atoms with E-state index in [0.717, 1.165) is 0 Å². The number of benzene rings is 2. The molecule has 1 aliphatic heterocycles. The van der Waals surface area contributed by atoms with E-state index < -0.39 is 28.4 Å². The molecule has 2 heterocycles. The second kappa shape index (κ2) is 7.98. The van der Waals surface area contributed by atoms with Gasteiger partial charge in [-0.25, -0.2) is 0 Å². The van der Waals surface area contributed by atoms with E-state index in [4.69, 9.17) is 11.6 Å². The number of nitro benzene ring substituents is 1. The Bertz CT molecular complexity index is 1250. The van der Waals surface area contributed by atoms with Crippen LogP contribution in [0.5, 0.6) is 0 Å². The van der Waals surface area contributed by atoms with Crippen LogP contribution < -0.4 is 4.90 Å². The molecule has 0 aliphatic carbocycles. The molecule has 1 saturated heterocycles. The van der Waals surface area contributed by atoms with Crippen LogP contribution in [0.2, 0.25) is 5.02 Å². The molecule has 7 nitrogen and oxygen atoms in total. The van der Waals surface area contributed by atoms with Crippen molar-refractivity contribution < 1.29 is 19.6 Å². The molecule has 1 aliphatic rings. The van der Waals surface area contributed by atoms with E-state index in [1.54, 1.807) is 42.6 Å². The van der Waals surface area contributed by atoms with Crippen LogP contribution in [0, 0.1) is 17.0 Å². The van der Waals surface area contributed by atoms with Crippen molar-refractivity contribution in [3.63, 3.8) is 0 Å². The van der Waals surface area contributed by atoms with Crippen LogP contribution in [-0.4, -0.2) is 21.7 Å². The second-order valence-corrected chi connectivity index (χ2v) is 8.34. The van der Waals surface area contributed by atoms with E-state index in [1.165, 1.54) is 40.5 Å². The first-order valence-electron chi connectivity index (χ1n) is 9.15. The molecule has 31 heavy (non-hydrogen) atoms. The smallest absolute Gasteiger partial charge is 0.300 e. The molecule has 156 valence electrons. The Morgan fingerprint density at radius 3 is 2.58 bits per heavy atom. The van der Waals surface area contributed by atoms with Gasteiger partial charge in [-0.05, 0) is 42.1 Å². The Balaban J connectivity index is 1.94. The van der Waals surface area contributed by atoms with Crippen molar-refractivity contribution >= 4 is 51.8 Å². The highest BCUT2D eigenvalue weighted by atomic mass is 35.5. The van der Waals surface area contributed by atoms with Gasteiger partial charge in [-0.2, -0.15) is 0 Å². The van der Waals surface area contributed by atoms with Crippen LogP contribution in [0.25, 0.3) is 5.76 Å². The summed E-state index contributed by atoms with van der Waals surface area (Å²) in [5.41, 5.74) is 0.901. The number of aliphatic hydroxyl groups is 1. The van der Waals surface area contributed by atoms with Crippen molar-refractivity contribution in [3.05, 3.63) is 96.7 Å². The number of nitro groups is 1. The predicted molar refractivity (Wildman–Crippen MR) is 118 cm³/mol. The fourth-order valence-corrected chi connectivity index (χ4v) is 4.66. The zero-order valence-corrected chi connectivity index (χ0v) is 17.7. The minimum Gasteiger partial charge on any atom is -0.507 e. The molecule has 1 N–H and O–H groups in total. The molecule has 4 rings (SSSR count). The minimum absolute atomic E-state index is 0.0848. The van der Waals surface area contributed by atoms with Gasteiger partial charge in [0.05, 0.1) is 10.5 Å². The van der Waals surface area contributed by atoms with Crippen molar-refractivity contribution in [1.82, 2.24) is 0 Å². The first-order valence-corrected chi connectivity index (χ1v) is 10.4. The molecular weight excluding hydrogens is 440 g/mol. The highest BCUT2D eigenvalue weighted by molar-refractivity contribution is 7.10. The number of carbonyl (C=O) groups excluding carboxylic acids is 2. The maximum absolute atomic E-state index is 13.1. The monoisotopic (exact) mass is 454 g/mol. The maximum Gasteiger partial charge on any atom is 0.300 e. The third-order valence-electron chi connectivity index (χ3n) is 5.01. The summed E-state index contributed by atoms with van der Waals surface area (Å²) in [4.78, 5) is 38.7. The van der Waals surface area contributed by atoms with Crippen LogP contribution in [-0.2, 0) is 9.59 Å². The number of aliphatic hydroxyl groups excluding tert-OH is 1. The van der Waals surface area contributed by atoms with Gasteiger partial charge in [-0.1, -0.05) is 29.8 Å². The molecule has 0 spiro atoms. The van der Waals surface area contributed by atoms with Crippen LogP contribution in [0.4, 0.5) is 11.4 Å². The molecular formula is C22H15ClN2O5S. The number of non-ortho nitro benzene ring substituents is 1. The van der Waals surface area contributed by atoms with Gasteiger partial charge in [-0.3, -0.25) is 24.6 Å². The topological polar surface area (TPSA) is 101 Å². The number of Topliss-reactive ketones (excluding diaryl/α,β-unsaturated/α-hetero) is 1. The first kappa shape index (κ1) is 20.8. The van der Waals surface area contributed by atoms with Gasteiger partial charge in [0, 0.05) is 33.3 Å². The number of thiophene rings is 1. The van der Waals surface area contributed by atoms with Crippen molar-refractivity contribution in [2.24, 2.45) is 0 Å². The molecule has 1 atom stereocenters. The van der Waals surface area contributed by atoms with E-state index in [9.17, 15) is 24.8 Å². The van der Waals surface area contributed by atoms with Crippen LogP contribution >= 0.6 is 22.9 Å². The number of carbonyl (C=O) groups is 2. The SMILES string of the molecule is Cc1cc(Cl)ccc1N1C(=O)C(=O)/C(=C(\O)c2cccc([N+](=O)[O-])c2)C1c1cccs1. The third kappa shape index (κ3) is 3.60. The van der Waals surface area contributed by atoms with Crippen LogP contribution in [0.1, 0.15) is 22.0 Å². The maximum atomic E-state index is 13.1. The Kier molecular flexibility index (Phi) is 5.34. The summed E-state index contributed by atoms with van der Waals surface area (Å²) in [6.45, 7) is 1.77. The normalized spacial score (nSPS) is 17.9. The Morgan fingerprint density at radius 1 is 1.16 bits per heavy atom. The highest BCUT2D eigenvalue weighted by Crippen LogP contribution is 2.44. The number of aryl methyl sites for hydroxylation is 1. The Morgan fingerprint density at radius 2 is 1.94 bits per heavy atom. The van der Waals surface area contributed by atoms with E-state index in [1.807, 2.05) is 0 Å². The van der Waals surface area contributed by atoms with Crippen molar-refractivity contribution in [3.8, 4) is 0 Å². The van der Waals surface area contributed by atoms with Crippen molar-refractivity contribution in [2.75, 3.05) is 4.90 Å². The molecule has 0 bridgehead atoms. The first-order chi connectivity index (χ1) is 14.8. The quantitative estimate of drug-likeness (QED) is 0.191. The van der Waals surface area contributed by atoms with E-state index in [0.29, 0.717) is 21.2 Å². The van der Waals surface area contributed by atoms with E-state index in [-0.39, 0.29) is 16.8 Å². The standard InChI is InChI=1S/C22H15ClN2O5S/c1-12-10-14(23)7-8-16(12)24-19(17-6-3-9-31-17)18(21(27)22(24)28)20(26)13-4-2-5-15(11-13)25(29)30/h2-11,19,26H,1H3/b20-18-. The lowest BCUT2D eigenvalue weighted by Gasteiger charge is -2.25. The van der Waals surface area contributed by atoms with E-state index >= 15 is 0 Å². The molecule has 0 radical (unpaired) electrons. The third-order valence-corrected chi connectivity index (χ3v) is 6.17. The van der Waals surface area contributed by atoms with Gasteiger partial charge in [0.1, 0.15) is 11.8 Å². The molecule has 1 unspecified atom stereocenters. The number of halogens is 1. The average Bonchev–Trinajstić information content (AvgIpc) is 3.35. The van der Waals surface area contributed by atoms with Gasteiger partial charge in [0.2, 0.25) is 0 Å². The number of amides is 1. The van der Waals surface area contributed by atoms with Gasteiger partial charge in [0.15, 0.2) is 0 Å². The van der Waals surface area contributed by atoms with E-state index in [2.05, 4.69) is 0 Å². The number of hydrogen-bond donors (Lipinski definition) is 1. The number of anilines is 1. The zero-order chi connectivity index (χ0) is 22.3. The molecule has 1 amide bonds. The Labute approximate surface area is 186 Å². The lowest BCUT2D eigenvalue weighted by Crippen LogP contribution is -2.29. The van der Waals surface area contributed by atoms with Gasteiger partial charge in [0.25, 0.3) is 17.4 Å². The molecule has 1 fully saturated rings. The predicted octanol–water partition coefficient (Wildman–Crippen LogP) is 5.24. The summed E-state index contributed by atoms with van der Waals surface area (Å²) in [6, 6.07) is 12.9. The molecule has 9 heteroatoms. The largest absolute Gasteiger partial charge is 0.507 e.